The van der Waals surface area contributed by atoms with Crippen molar-refractivity contribution in [2.45, 2.75) is 26.0 Å². The maximum atomic E-state index is 11.4. The summed E-state index contributed by atoms with van der Waals surface area (Å²) in [6, 6.07) is 8.99. The van der Waals surface area contributed by atoms with E-state index in [0.29, 0.717) is 12.1 Å². The maximum Gasteiger partial charge on any atom is 0.407 e. The van der Waals surface area contributed by atoms with E-state index in [2.05, 4.69) is 10.6 Å². The van der Waals surface area contributed by atoms with E-state index in [9.17, 15) is 9.59 Å². The number of carbonyl (C=O) groups is 2. The van der Waals surface area contributed by atoms with Crippen molar-refractivity contribution in [1.29, 1.82) is 5.26 Å². The number of hydrogen-bond acceptors (Lipinski definition) is 4. The Morgan fingerprint density at radius 3 is 3.05 bits per heavy atom. The SMILES string of the molecule is C[C@H](CC#N)OC(=O)NCc1cccc(NC=O)c1. The molecule has 0 bridgehead atoms. The number of alkyl carbamates (subject to hydrolysis) is 1. The van der Waals surface area contributed by atoms with Gasteiger partial charge in [-0.1, -0.05) is 12.1 Å². The number of amides is 2. The molecule has 1 rings (SSSR count). The summed E-state index contributed by atoms with van der Waals surface area (Å²) in [6.07, 6.45) is -0.263. The fourth-order valence-corrected chi connectivity index (χ4v) is 1.41. The van der Waals surface area contributed by atoms with Gasteiger partial charge in [0.15, 0.2) is 0 Å². The van der Waals surface area contributed by atoms with Crippen LogP contribution in [0.25, 0.3) is 0 Å². The Morgan fingerprint density at radius 2 is 2.37 bits per heavy atom. The molecule has 0 saturated heterocycles. The molecule has 0 heterocycles. The minimum atomic E-state index is -0.573. The Hall–Kier alpha value is -2.55. The van der Waals surface area contributed by atoms with Crippen molar-refractivity contribution in [3.05, 3.63) is 29.8 Å². The summed E-state index contributed by atoms with van der Waals surface area (Å²) < 4.78 is 4.95. The molecule has 0 spiro atoms. The van der Waals surface area contributed by atoms with Crippen molar-refractivity contribution in [2.24, 2.45) is 0 Å². The number of nitrogens with one attached hydrogen (secondary N) is 2. The Balaban J connectivity index is 2.43. The average Bonchev–Trinajstić information content (AvgIpc) is 2.37. The topological polar surface area (TPSA) is 91.2 Å². The quantitative estimate of drug-likeness (QED) is 0.763. The number of hydrogen-bond donors (Lipinski definition) is 2. The summed E-state index contributed by atoms with van der Waals surface area (Å²) >= 11 is 0. The van der Waals surface area contributed by atoms with Crippen molar-refractivity contribution in [1.82, 2.24) is 5.32 Å². The highest BCUT2D eigenvalue weighted by molar-refractivity contribution is 5.71. The van der Waals surface area contributed by atoms with Gasteiger partial charge in [0, 0.05) is 12.2 Å². The van der Waals surface area contributed by atoms with Gasteiger partial charge in [-0.05, 0) is 24.6 Å². The molecule has 0 aliphatic heterocycles. The predicted octanol–water partition coefficient (Wildman–Crippen LogP) is 1.78. The summed E-state index contributed by atoms with van der Waals surface area (Å²) in [7, 11) is 0. The van der Waals surface area contributed by atoms with E-state index in [-0.39, 0.29) is 13.0 Å². The zero-order chi connectivity index (χ0) is 14.1. The molecule has 0 aliphatic rings. The third-order valence-electron chi connectivity index (χ3n) is 2.28. The van der Waals surface area contributed by atoms with Crippen LogP contribution in [-0.2, 0) is 16.1 Å². The minimum absolute atomic E-state index is 0.159. The van der Waals surface area contributed by atoms with Crippen LogP contribution in [0.15, 0.2) is 24.3 Å². The molecule has 0 aromatic heterocycles. The maximum absolute atomic E-state index is 11.4. The first kappa shape index (κ1) is 14.5. The number of nitriles is 1. The summed E-state index contributed by atoms with van der Waals surface area (Å²) in [5.74, 6) is 0. The molecule has 0 fully saturated rings. The number of ether oxygens (including phenoxy) is 1. The van der Waals surface area contributed by atoms with E-state index in [1.807, 2.05) is 12.1 Å². The van der Waals surface area contributed by atoms with Gasteiger partial charge in [0.25, 0.3) is 0 Å². The summed E-state index contributed by atoms with van der Waals surface area (Å²) in [6.45, 7) is 1.93. The normalized spacial score (nSPS) is 10.9. The highest BCUT2D eigenvalue weighted by atomic mass is 16.6. The summed E-state index contributed by atoms with van der Waals surface area (Å²) in [5.41, 5.74) is 1.48. The Labute approximate surface area is 111 Å². The lowest BCUT2D eigenvalue weighted by Gasteiger charge is -2.11. The van der Waals surface area contributed by atoms with Gasteiger partial charge in [0.1, 0.15) is 6.10 Å². The zero-order valence-corrected chi connectivity index (χ0v) is 10.6. The summed E-state index contributed by atoms with van der Waals surface area (Å²) in [4.78, 5) is 21.7. The molecule has 2 amide bonds. The van der Waals surface area contributed by atoms with Crippen LogP contribution in [0, 0.1) is 11.3 Å². The fraction of sp³-hybridized carbons (Fsp3) is 0.308. The monoisotopic (exact) mass is 261 g/mol. The van der Waals surface area contributed by atoms with E-state index in [1.54, 1.807) is 25.1 Å². The van der Waals surface area contributed by atoms with Crippen LogP contribution in [0.1, 0.15) is 18.9 Å². The van der Waals surface area contributed by atoms with Crippen LogP contribution in [0.5, 0.6) is 0 Å². The Kier molecular flexibility index (Phi) is 5.89. The number of benzene rings is 1. The smallest absolute Gasteiger partial charge is 0.407 e. The largest absolute Gasteiger partial charge is 0.445 e. The van der Waals surface area contributed by atoms with Crippen molar-refractivity contribution < 1.29 is 14.3 Å². The molecule has 6 nitrogen and oxygen atoms in total. The number of nitrogens with zero attached hydrogens (tertiary/aromatic N) is 1. The van der Waals surface area contributed by atoms with Crippen molar-refractivity contribution in [3.8, 4) is 6.07 Å². The zero-order valence-electron chi connectivity index (χ0n) is 10.6. The first-order valence-electron chi connectivity index (χ1n) is 5.76. The van der Waals surface area contributed by atoms with Crippen LogP contribution in [0.2, 0.25) is 0 Å². The first-order chi connectivity index (χ1) is 9.15. The second kappa shape index (κ2) is 7.71. The lowest BCUT2D eigenvalue weighted by atomic mass is 10.2. The van der Waals surface area contributed by atoms with Crippen molar-refractivity contribution >= 4 is 18.2 Å². The van der Waals surface area contributed by atoms with Gasteiger partial charge in [0.05, 0.1) is 12.5 Å². The second-order valence-corrected chi connectivity index (χ2v) is 3.89. The molecule has 2 N–H and O–H groups in total. The van der Waals surface area contributed by atoms with Gasteiger partial charge in [-0.3, -0.25) is 4.79 Å². The molecule has 1 aromatic rings. The van der Waals surface area contributed by atoms with Gasteiger partial charge < -0.3 is 15.4 Å². The standard InChI is InChI=1S/C13H15N3O3/c1-10(5-6-14)19-13(18)15-8-11-3-2-4-12(7-11)16-9-17/h2-4,7,9-10H,5,8H2,1H3,(H,15,18)(H,16,17)/t10-/m1/s1. The molecule has 0 radical (unpaired) electrons. The van der Waals surface area contributed by atoms with Crippen LogP contribution < -0.4 is 10.6 Å². The van der Waals surface area contributed by atoms with E-state index in [1.165, 1.54) is 0 Å². The molecule has 0 saturated carbocycles. The van der Waals surface area contributed by atoms with Crippen molar-refractivity contribution in [2.75, 3.05) is 5.32 Å². The van der Waals surface area contributed by atoms with Crippen LogP contribution in [-0.4, -0.2) is 18.6 Å². The molecule has 1 aromatic carbocycles. The van der Waals surface area contributed by atoms with Crippen molar-refractivity contribution in [3.63, 3.8) is 0 Å². The third kappa shape index (κ3) is 5.55. The van der Waals surface area contributed by atoms with Crippen LogP contribution in [0.4, 0.5) is 10.5 Å². The van der Waals surface area contributed by atoms with E-state index >= 15 is 0 Å². The predicted molar refractivity (Wildman–Crippen MR) is 69.1 cm³/mol. The average molecular weight is 261 g/mol. The van der Waals surface area contributed by atoms with Gasteiger partial charge in [-0.25, -0.2) is 4.79 Å². The van der Waals surface area contributed by atoms with E-state index in [0.717, 1.165) is 5.56 Å². The first-order valence-corrected chi connectivity index (χ1v) is 5.76. The Morgan fingerprint density at radius 1 is 1.58 bits per heavy atom. The Bertz CT molecular complexity index is 482. The molecular weight excluding hydrogens is 246 g/mol. The second-order valence-electron chi connectivity index (χ2n) is 3.89. The van der Waals surface area contributed by atoms with E-state index in [4.69, 9.17) is 10.00 Å². The summed E-state index contributed by atoms with van der Waals surface area (Å²) in [5, 5.41) is 13.5. The van der Waals surface area contributed by atoms with Gasteiger partial charge in [0.2, 0.25) is 6.41 Å². The lowest BCUT2D eigenvalue weighted by molar-refractivity contribution is -0.105. The minimum Gasteiger partial charge on any atom is -0.445 e. The molecule has 1 atom stereocenters. The lowest BCUT2D eigenvalue weighted by Crippen LogP contribution is -2.27. The van der Waals surface area contributed by atoms with E-state index < -0.39 is 12.2 Å². The third-order valence-corrected chi connectivity index (χ3v) is 2.28. The molecule has 100 valence electrons. The highest BCUT2D eigenvalue weighted by Gasteiger charge is 2.08. The molecular formula is C13H15N3O3. The number of rotatable bonds is 6. The fourth-order valence-electron chi connectivity index (χ4n) is 1.41. The van der Waals surface area contributed by atoms with Crippen LogP contribution in [0.3, 0.4) is 0 Å². The van der Waals surface area contributed by atoms with Crippen LogP contribution >= 0.6 is 0 Å². The molecule has 0 unspecified atom stereocenters. The van der Waals surface area contributed by atoms with Gasteiger partial charge in [-0.2, -0.15) is 5.26 Å². The molecule has 0 aliphatic carbocycles. The molecule has 19 heavy (non-hydrogen) atoms. The van der Waals surface area contributed by atoms with Gasteiger partial charge >= 0.3 is 6.09 Å². The highest BCUT2D eigenvalue weighted by Crippen LogP contribution is 2.09. The molecule has 6 heteroatoms. The number of carbonyl (C=O) groups excluding carboxylic acids is 2. The number of anilines is 1. The van der Waals surface area contributed by atoms with Gasteiger partial charge in [-0.15, -0.1) is 0 Å².